The third-order valence-electron chi connectivity index (χ3n) is 4.76. The van der Waals surface area contributed by atoms with Crippen molar-refractivity contribution < 1.29 is 0 Å². The first-order valence-corrected chi connectivity index (χ1v) is 8.93. The SMILES string of the molecule is CCCNC(CCC1CCCCC1)Cc1ncnn1CC. The molecule has 1 atom stereocenters. The van der Waals surface area contributed by atoms with Gasteiger partial charge in [-0.15, -0.1) is 0 Å². The van der Waals surface area contributed by atoms with Gasteiger partial charge < -0.3 is 5.32 Å². The van der Waals surface area contributed by atoms with Crippen molar-refractivity contribution in [2.45, 2.75) is 84.2 Å². The van der Waals surface area contributed by atoms with Crippen molar-refractivity contribution in [3.8, 4) is 0 Å². The van der Waals surface area contributed by atoms with Crippen molar-refractivity contribution in [3.05, 3.63) is 12.2 Å². The van der Waals surface area contributed by atoms with Gasteiger partial charge in [0.15, 0.2) is 0 Å². The molecule has 0 radical (unpaired) electrons. The zero-order valence-electron chi connectivity index (χ0n) is 13.9. The summed E-state index contributed by atoms with van der Waals surface area (Å²) in [5, 5.41) is 8.01. The van der Waals surface area contributed by atoms with Gasteiger partial charge in [-0.3, -0.25) is 4.68 Å². The van der Waals surface area contributed by atoms with E-state index in [0.717, 1.165) is 31.3 Å². The number of nitrogens with one attached hydrogen (secondary N) is 1. The van der Waals surface area contributed by atoms with Gasteiger partial charge in [0.2, 0.25) is 0 Å². The van der Waals surface area contributed by atoms with Crippen molar-refractivity contribution in [2.24, 2.45) is 5.92 Å². The molecule has 1 aliphatic carbocycles. The first kappa shape index (κ1) is 16.5. The van der Waals surface area contributed by atoms with Crippen LogP contribution in [0.1, 0.15) is 71.0 Å². The van der Waals surface area contributed by atoms with Crippen LogP contribution in [0.2, 0.25) is 0 Å². The van der Waals surface area contributed by atoms with Gasteiger partial charge in [-0.1, -0.05) is 39.0 Å². The third kappa shape index (κ3) is 5.42. The van der Waals surface area contributed by atoms with Crippen LogP contribution in [-0.2, 0) is 13.0 Å². The number of rotatable bonds is 9. The van der Waals surface area contributed by atoms with E-state index in [0.29, 0.717) is 6.04 Å². The summed E-state index contributed by atoms with van der Waals surface area (Å²) in [6.07, 6.45) is 13.8. The van der Waals surface area contributed by atoms with Crippen LogP contribution in [0.3, 0.4) is 0 Å². The zero-order valence-corrected chi connectivity index (χ0v) is 13.9. The molecule has 1 N–H and O–H groups in total. The molecule has 1 heterocycles. The maximum absolute atomic E-state index is 4.44. The normalized spacial score (nSPS) is 18.0. The Kier molecular flexibility index (Phi) is 7.20. The Hall–Kier alpha value is -0.900. The van der Waals surface area contributed by atoms with Gasteiger partial charge in [-0.05, 0) is 38.6 Å². The van der Waals surface area contributed by atoms with Crippen LogP contribution in [0.5, 0.6) is 0 Å². The Morgan fingerprint density at radius 1 is 1.29 bits per heavy atom. The van der Waals surface area contributed by atoms with Gasteiger partial charge in [0.05, 0.1) is 0 Å². The number of aryl methyl sites for hydroxylation is 1. The van der Waals surface area contributed by atoms with E-state index in [9.17, 15) is 0 Å². The molecule has 2 rings (SSSR count). The minimum Gasteiger partial charge on any atom is -0.314 e. The molecule has 0 aliphatic heterocycles. The van der Waals surface area contributed by atoms with Crippen LogP contribution < -0.4 is 5.32 Å². The minimum absolute atomic E-state index is 0.557. The summed E-state index contributed by atoms with van der Waals surface area (Å²) in [5.74, 6) is 2.10. The number of aromatic nitrogens is 3. The quantitative estimate of drug-likeness (QED) is 0.756. The maximum Gasteiger partial charge on any atom is 0.138 e. The summed E-state index contributed by atoms with van der Waals surface area (Å²) in [4.78, 5) is 4.44. The molecule has 0 saturated heterocycles. The Labute approximate surface area is 129 Å². The topological polar surface area (TPSA) is 42.7 Å². The summed E-state index contributed by atoms with van der Waals surface area (Å²) in [6, 6.07) is 0.557. The molecule has 1 aromatic rings. The lowest BCUT2D eigenvalue weighted by Crippen LogP contribution is -2.33. The van der Waals surface area contributed by atoms with E-state index in [4.69, 9.17) is 0 Å². The van der Waals surface area contributed by atoms with Crippen molar-refractivity contribution >= 4 is 0 Å². The summed E-state index contributed by atoms with van der Waals surface area (Å²) in [7, 11) is 0. The van der Waals surface area contributed by atoms with Gasteiger partial charge in [-0.2, -0.15) is 5.10 Å². The molecule has 0 aromatic carbocycles. The van der Waals surface area contributed by atoms with E-state index in [2.05, 4.69) is 29.2 Å². The Morgan fingerprint density at radius 3 is 2.81 bits per heavy atom. The van der Waals surface area contributed by atoms with E-state index in [1.807, 2.05) is 4.68 Å². The molecule has 4 heteroatoms. The van der Waals surface area contributed by atoms with E-state index in [1.54, 1.807) is 6.33 Å². The monoisotopic (exact) mass is 292 g/mol. The highest BCUT2D eigenvalue weighted by atomic mass is 15.3. The highest BCUT2D eigenvalue weighted by molar-refractivity contribution is 4.90. The van der Waals surface area contributed by atoms with Crippen LogP contribution in [0.25, 0.3) is 0 Å². The zero-order chi connectivity index (χ0) is 14.9. The predicted octanol–water partition coefficient (Wildman–Crippen LogP) is 3.57. The second-order valence-electron chi connectivity index (χ2n) is 6.43. The second-order valence-corrected chi connectivity index (χ2v) is 6.43. The molecule has 0 bridgehead atoms. The van der Waals surface area contributed by atoms with Gasteiger partial charge in [-0.25, -0.2) is 4.98 Å². The highest BCUT2D eigenvalue weighted by Gasteiger charge is 2.18. The van der Waals surface area contributed by atoms with Gasteiger partial charge in [0, 0.05) is 19.0 Å². The maximum atomic E-state index is 4.44. The number of hydrogen-bond acceptors (Lipinski definition) is 3. The minimum atomic E-state index is 0.557. The standard InChI is InChI=1S/C17H32N4/c1-3-12-18-16(11-10-15-8-6-5-7-9-15)13-17-19-14-20-21(17)4-2/h14-16,18H,3-13H2,1-2H3. The van der Waals surface area contributed by atoms with Gasteiger partial charge in [0.25, 0.3) is 0 Å². The molecule has 1 saturated carbocycles. The number of nitrogens with zero attached hydrogens (tertiary/aromatic N) is 3. The Morgan fingerprint density at radius 2 is 2.10 bits per heavy atom. The summed E-state index contributed by atoms with van der Waals surface area (Å²) in [5.41, 5.74) is 0. The first-order chi connectivity index (χ1) is 10.3. The summed E-state index contributed by atoms with van der Waals surface area (Å²) < 4.78 is 2.03. The molecule has 1 aliphatic rings. The van der Waals surface area contributed by atoms with E-state index in [-0.39, 0.29) is 0 Å². The molecular weight excluding hydrogens is 260 g/mol. The van der Waals surface area contributed by atoms with Gasteiger partial charge in [0.1, 0.15) is 12.2 Å². The van der Waals surface area contributed by atoms with Crippen molar-refractivity contribution in [1.82, 2.24) is 20.1 Å². The molecular formula is C17H32N4. The lowest BCUT2D eigenvalue weighted by atomic mass is 9.85. The molecule has 1 aromatic heterocycles. The fraction of sp³-hybridized carbons (Fsp3) is 0.882. The van der Waals surface area contributed by atoms with Crippen LogP contribution in [0.15, 0.2) is 6.33 Å². The van der Waals surface area contributed by atoms with Gasteiger partial charge >= 0.3 is 0 Å². The highest BCUT2D eigenvalue weighted by Crippen LogP contribution is 2.28. The van der Waals surface area contributed by atoms with E-state index >= 15 is 0 Å². The molecule has 4 nitrogen and oxygen atoms in total. The average Bonchev–Trinajstić information content (AvgIpc) is 2.98. The fourth-order valence-electron chi connectivity index (χ4n) is 3.47. The molecule has 120 valence electrons. The van der Waals surface area contributed by atoms with Crippen molar-refractivity contribution in [2.75, 3.05) is 6.54 Å². The largest absolute Gasteiger partial charge is 0.314 e. The molecule has 1 unspecified atom stereocenters. The van der Waals surface area contributed by atoms with Crippen molar-refractivity contribution in [1.29, 1.82) is 0 Å². The van der Waals surface area contributed by atoms with Crippen LogP contribution in [0.4, 0.5) is 0 Å². The molecule has 0 amide bonds. The molecule has 0 spiro atoms. The summed E-state index contributed by atoms with van der Waals surface area (Å²) >= 11 is 0. The van der Waals surface area contributed by atoms with Crippen LogP contribution in [0, 0.1) is 5.92 Å². The lowest BCUT2D eigenvalue weighted by Gasteiger charge is -2.25. The van der Waals surface area contributed by atoms with Crippen molar-refractivity contribution in [3.63, 3.8) is 0 Å². The Balaban J connectivity index is 1.84. The Bertz CT molecular complexity index is 382. The van der Waals surface area contributed by atoms with E-state index in [1.165, 1.54) is 51.4 Å². The number of hydrogen-bond donors (Lipinski definition) is 1. The second kappa shape index (κ2) is 9.19. The average molecular weight is 292 g/mol. The fourth-order valence-corrected chi connectivity index (χ4v) is 3.47. The van der Waals surface area contributed by atoms with E-state index < -0.39 is 0 Å². The first-order valence-electron chi connectivity index (χ1n) is 8.93. The van der Waals surface area contributed by atoms with Crippen LogP contribution in [-0.4, -0.2) is 27.4 Å². The predicted molar refractivity (Wildman–Crippen MR) is 87.3 cm³/mol. The van der Waals surface area contributed by atoms with Crippen LogP contribution >= 0.6 is 0 Å². The molecule has 21 heavy (non-hydrogen) atoms. The lowest BCUT2D eigenvalue weighted by molar-refractivity contribution is 0.310. The summed E-state index contributed by atoms with van der Waals surface area (Å²) in [6.45, 7) is 6.39. The smallest absolute Gasteiger partial charge is 0.138 e. The molecule has 1 fully saturated rings. The third-order valence-corrected chi connectivity index (χ3v) is 4.76.